The number of hydrogen-bond donors (Lipinski definition) is 2. The summed E-state index contributed by atoms with van der Waals surface area (Å²) in [7, 11) is -3.20. The van der Waals surface area contributed by atoms with Gasteiger partial charge in [-0.15, -0.1) is 0 Å². The number of carboxylic acid groups (broad SMARTS) is 1. The van der Waals surface area contributed by atoms with Crippen molar-refractivity contribution in [2.75, 3.05) is 18.8 Å². The first-order valence-electron chi connectivity index (χ1n) is 8.84. The Hall–Kier alpha value is -1.15. The fourth-order valence-electron chi connectivity index (χ4n) is 3.51. The highest BCUT2D eigenvalue weighted by atomic mass is 32.2. The highest BCUT2D eigenvalue weighted by Crippen LogP contribution is 2.27. The van der Waals surface area contributed by atoms with Crippen molar-refractivity contribution in [1.82, 2.24) is 9.62 Å². The highest BCUT2D eigenvalue weighted by molar-refractivity contribution is 7.89. The van der Waals surface area contributed by atoms with Crippen molar-refractivity contribution in [3.05, 3.63) is 0 Å². The summed E-state index contributed by atoms with van der Waals surface area (Å²) in [4.78, 5) is 23.3. The van der Waals surface area contributed by atoms with E-state index < -0.39 is 16.0 Å². The molecule has 2 fully saturated rings. The van der Waals surface area contributed by atoms with Gasteiger partial charge in [0.15, 0.2) is 0 Å². The number of rotatable bonds is 7. The zero-order valence-electron chi connectivity index (χ0n) is 14.2. The third-order valence-electron chi connectivity index (χ3n) is 5.10. The van der Waals surface area contributed by atoms with Crippen molar-refractivity contribution < 1.29 is 23.1 Å². The van der Waals surface area contributed by atoms with E-state index in [9.17, 15) is 18.0 Å². The molecular formula is C16H28N2O5S. The standard InChI is InChI=1S/C16H28N2O5S/c1-2-3-10-24(22,23)18-8-6-12(7-9-18)15(19)17-14-5-4-13(11-14)16(20)21/h12-14H,2-11H2,1H3,(H,17,19)(H,20,21)/t13-,14+/m0/s1. The first-order valence-corrected chi connectivity index (χ1v) is 10.5. The number of aliphatic carboxylic acids is 1. The molecule has 2 rings (SSSR count). The minimum Gasteiger partial charge on any atom is -0.481 e. The summed E-state index contributed by atoms with van der Waals surface area (Å²) in [5.74, 6) is -1.21. The third kappa shape index (κ3) is 4.92. The SMILES string of the molecule is CCCCS(=O)(=O)N1CCC(C(=O)N[C@@H]2CC[C@H](C(=O)O)C2)CC1. The lowest BCUT2D eigenvalue weighted by molar-refractivity contribution is -0.141. The van der Waals surface area contributed by atoms with Crippen molar-refractivity contribution in [1.29, 1.82) is 0 Å². The van der Waals surface area contributed by atoms with Gasteiger partial charge >= 0.3 is 5.97 Å². The first-order chi connectivity index (χ1) is 11.3. The highest BCUT2D eigenvalue weighted by Gasteiger charge is 2.34. The van der Waals surface area contributed by atoms with Gasteiger partial charge in [0.05, 0.1) is 11.7 Å². The van der Waals surface area contributed by atoms with Crippen molar-refractivity contribution in [3.63, 3.8) is 0 Å². The lowest BCUT2D eigenvalue weighted by Crippen LogP contribution is -2.45. The Morgan fingerprint density at radius 2 is 1.79 bits per heavy atom. The Kier molecular flexibility index (Phi) is 6.62. The van der Waals surface area contributed by atoms with Crippen LogP contribution in [0.5, 0.6) is 0 Å². The van der Waals surface area contributed by atoms with Gasteiger partial charge in [-0.3, -0.25) is 9.59 Å². The topological polar surface area (TPSA) is 104 Å². The van der Waals surface area contributed by atoms with E-state index in [1.807, 2.05) is 6.92 Å². The second kappa shape index (κ2) is 8.29. The molecule has 1 amide bonds. The average Bonchev–Trinajstić information content (AvgIpc) is 3.02. The number of unbranched alkanes of at least 4 members (excludes halogenated alkanes) is 1. The molecule has 2 aliphatic rings. The largest absolute Gasteiger partial charge is 0.481 e. The van der Waals surface area contributed by atoms with Gasteiger partial charge in [-0.2, -0.15) is 0 Å². The zero-order chi connectivity index (χ0) is 17.7. The second-order valence-corrected chi connectivity index (χ2v) is 8.99. The number of hydrogen-bond acceptors (Lipinski definition) is 4. The number of nitrogens with zero attached hydrogens (tertiary/aromatic N) is 1. The smallest absolute Gasteiger partial charge is 0.306 e. The molecule has 0 unspecified atom stereocenters. The minimum atomic E-state index is -3.20. The fourth-order valence-corrected chi connectivity index (χ4v) is 5.19. The average molecular weight is 360 g/mol. The van der Waals surface area contributed by atoms with Crippen molar-refractivity contribution >= 4 is 21.9 Å². The molecule has 1 saturated carbocycles. The second-order valence-electron chi connectivity index (χ2n) is 6.90. The van der Waals surface area contributed by atoms with Gasteiger partial charge in [0.2, 0.25) is 15.9 Å². The summed E-state index contributed by atoms with van der Waals surface area (Å²) in [5.41, 5.74) is 0. The van der Waals surface area contributed by atoms with Gasteiger partial charge in [-0.05, 0) is 38.5 Å². The van der Waals surface area contributed by atoms with E-state index in [0.717, 1.165) is 6.42 Å². The molecule has 2 N–H and O–H groups in total. The number of amides is 1. The summed E-state index contributed by atoms with van der Waals surface area (Å²) in [6.45, 7) is 2.75. The third-order valence-corrected chi connectivity index (χ3v) is 7.06. The number of carbonyl (C=O) groups is 2. The van der Waals surface area contributed by atoms with Crippen LogP contribution < -0.4 is 5.32 Å². The van der Waals surface area contributed by atoms with E-state index in [-0.39, 0.29) is 29.5 Å². The van der Waals surface area contributed by atoms with Crippen molar-refractivity contribution in [3.8, 4) is 0 Å². The Morgan fingerprint density at radius 3 is 2.33 bits per heavy atom. The molecule has 1 aliphatic carbocycles. The van der Waals surface area contributed by atoms with Crippen molar-refractivity contribution in [2.45, 2.75) is 57.9 Å². The molecule has 0 aromatic rings. The summed E-state index contributed by atoms with van der Waals surface area (Å²) in [5, 5.41) is 12.0. The Labute approximate surface area is 143 Å². The molecule has 8 heteroatoms. The van der Waals surface area contributed by atoms with E-state index in [1.54, 1.807) is 0 Å². The monoisotopic (exact) mass is 360 g/mol. The maximum absolute atomic E-state index is 12.3. The lowest BCUT2D eigenvalue weighted by Gasteiger charge is -2.31. The lowest BCUT2D eigenvalue weighted by atomic mass is 9.96. The first kappa shape index (κ1) is 19.2. The van der Waals surface area contributed by atoms with E-state index in [0.29, 0.717) is 51.6 Å². The molecule has 1 aliphatic heterocycles. The molecule has 1 saturated heterocycles. The predicted molar refractivity (Wildman–Crippen MR) is 89.9 cm³/mol. The normalized spacial score (nSPS) is 26.4. The summed E-state index contributed by atoms with van der Waals surface area (Å²) < 4.78 is 25.8. The molecule has 138 valence electrons. The van der Waals surface area contributed by atoms with E-state index in [1.165, 1.54) is 4.31 Å². The van der Waals surface area contributed by atoms with E-state index >= 15 is 0 Å². The molecule has 24 heavy (non-hydrogen) atoms. The molecule has 7 nitrogen and oxygen atoms in total. The summed E-state index contributed by atoms with van der Waals surface area (Å²) >= 11 is 0. The van der Waals surface area contributed by atoms with Crippen LogP contribution in [-0.2, 0) is 19.6 Å². The van der Waals surface area contributed by atoms with Crippen LogP contribution >= 0.6 is 0 Å². The molecule has 0 aromatic heterocycles. The van der Waals surface area contributed by atoms with Crippen LogP contribution in [0.2, 0.25) is 0 Å². The fraction of sp³-hybridized carbons (Fsp3) is 0.875. The Bertz CT molecular complexity index is 555. The zero-order valence-corrected chi connectivity index (χ0v) is 15.1. The van der Waals surface area contributed by atoms with Gasteiger partial charge < -0.3 is 10.4 Å². The maximum atomic E-state index is 12.3. The van der Waals surface area contributed by atoms with Crippen LogP contribution in [0, 0.1) is 11.8 Å². The number of sulfonamides is 1. The van der Waals surface area contributed by atoms with Crippen LogP contribution in [0.1, 0.15) is 51.9 Å². The van der Waals surface area contributed by atoms with Gasteiger partial charge in [0.1, 0.15) is 0 Å². The summed E-state index contributed by atoms with van der Waals surface area (Å²) in [6, 6.07) is -0.0649. The van der Waals surface area contributed by atoms with Gasteiger partial charge in [0, 0.05) is 25.0 Å². The van der Waals surface area contributed by atoms with Crippen molar-refractivity contribution in [2.24, 2.45) is 11.8 Å². The van der Waals surface area contributed by atoms with Gasteiger partial charge in [0.25, 0.3) is 0 Å². The maximum Gasteiger partial charge on any atom is 0.306 e. The molecule has 0 bridgehead atoms. The van der Waals surface area contributed by atoms with Gasteiger partial charge in [-0.25, -0.2) is 12.7 Å². The molecule has 2 atom stereocenters. The van der Waals surface area contributed by atoms with E-state index in [2.05, 4.69) is 5.32 Å². The van der Waals surface area contributed by atoms with Crippen LogP contribution in [0.4, 0.5) is 0 Å². The van der Waals surface area contributed by atoms with Gasteiger partial charge in [-0.1, -0.05) is 13.3 Å². The minimum absolute atomic E-state index is 0.0587. The van der Waals surface area contributed by atoms with Crippen LogP contribution in [0.3, 0.4) is 0 Å². The number of nitrogens with one attached hydrogen (secondary N) is 1. The van der Waals surface area contributed by atoms with Crippen LogP contribution in [-0.4, -0.2) is 54.6 Å². The Morgan fingerprint density at radius 1 is 1.12 bits per heavy atom. The Balaban J connectivity index is 1.78. The molecular weight excluding hydrogens is 332 g/mol. The number of piperidine rings is 1. The quantitative estimate of drug-likeness (QED) is 0.710. The van der Waals surface area contributed by atoms with Crippen LogP contribution in [0.25, 0.3) is 0 Å². The number of carboxylic acids is 1. The molecule has 0 radical (unpaired) electrons. The predicted octanol–water partition coefficient (Wildman–Crippen LogP) is 1.20. The molecule has 0 spiro atoms. The molecule has 1 heterocycles. The van der Waals surface area contributed by atoms with E-state index in [4.69, 9.17) is 5.11 Å². The molecule has 0 aromatic carbocycles. The number of carbonyl (C=O) groups excluding carboxylic acids is 1. The summed E-state index contributed by atoms with van der Waals surface area (Å²) in [6.07, 6.45) is 4.37. The van der Waals surface area contributed by atoms with Crippen LogP contribution in [0.15, 0.2) is 0 Å².